The first-order valence-electron chi connectivity index (χ1n) is 3.02. The molecule has 56 valence electrons. The van der Waals surface area contributed by atoms with Crippen LogP contribution < -0.4 is 4.74 Å². The normalized spacial score (nSPS) is 8.09. The van der Waals surface area contributed by atoms with E-state index in [4.69, 9.17) is 4.74 Å². The summed E-state index contributed by atoms with van der Waals surface area (Å²) in [5.41, 5.74) is 0. The zero-order valence-corrected chi connectivity index (χ0v) is 5.70. The Kier molecular flexibility index (Phi) is 4.90. The van der Waals surface area contributed by atoms with Crippen LogP contribution >= 0.6 is 0 Å². The number of carbonyl (C=O) groups excluding carboxylic acids is 1. The van der Waals surface area contributed by atoms with E-state index in [9.17, 15) is 4.79 Å². The highest BCUT2D eigenvalue weighted by atomic mass is 24.3. The summed E-state index contributed by atoms with van der Waals surface area (Å²) in [6.45, 7) is 1.38. The van der Waals surface area contributed by atoms with E-state index in [0.717, 1.165) is 0 Å². The minimum atomic E-state index is -0.286. The first kappa shape index (κ1) is 10.5. The zero-order chi connectivity index (χ0) is 7.40. The molecule has 2 nitrogen and oxygen atoms in total. The molecule has 0 unspecified atom stereocenters. The molecule has 0 bridgehead atoms. The Morgan fingerprint density at radius 3 is 2.27 bits per heavy atom. The van der Waals surface area contributed by atoms with Crippen molar-refractivity contribution in [2.24, 2.45) is 0 Å². The van der Waals surface area contributed by atoms with Gasteiger partial charge in [-0.15, -0.1) is 0 Å². The Morgan fingerprint density at radius 2 is 1.82 bits per heavy atom. The van der Waals surface area contributed by atoms with Gasteiger partial charge in [-0.05, 0) is 12.1 Å². The quantitative estimate of drug-likeness (QED) is 0.345. The molecule has 0 heterocycles. The van der Waals surface area contributed by atoms with Crippen LogP contribution in [0.2, 0.25) is 0 Å². The number of rotatable bonds is 1. The van der Waals surface area contributed by atoms with E-state index in [2.05, 4.69) is 0 Å². The fourth-order valence-corrected chi connectivity index (χ4v) is 0.655. The van der Waals surface area contributed by atoms with Crippen molar-refractivity contribution < 1.29 is 9.53 Å². The Hall–Kier alpha value is -0.544. The summed E-state index contributed by atoms with van der Waals surface area (Å²) in [5.74, 6) is 0.307. The largest absolute Gasteiger partial charge is 0.427 e. The minimum Gasteiger partial charge on any atom is -0.427 e. The van der Waals surface area contributed by atoms with Crippen molar-refractivity contribution in [3.63, 3.8) is 0 Å². The van der Waals surface area contributed by atoms with Gasteiger partial charge in [-0.3, -0.25) is 4.79 Å². The molecule has 0 fully saturated rings. The molecule has 11 heavy (non-hydrogen) atoms. The summed E-state index contributed by atoms with van der Waals surface area (Å²) >= 11 is 0. The SMILES string of the molecule is CC(=O)Oc1ccccc1.[MgH2]. The van der Waals surface area contributed by atoms with Crippen molar-refractivity contribution in [2.75, 3.05) is 0 Å². The van der Waals surface area contributed by atoms with E-state index in [1.165, 1.54) is 6.92 Å². The maximum absolute atomic E-state index is 10.4. The highest BCUT2D eigenvalue weighted by Gasteiger charge is 1.92. The van der Waals surface area contributed by atoms with Crippen molar-refractivity contribution >= 4 is 29.0 Å². The van der Waals surface area contributed by atoms with Crippen LogP contribution in [0.4, 0.5) is 0 Å². The van der Waals surface area contributed by atoms with E-state index in [1.54, 1.807) is 12.1 Å². The number of carbonyl (C=O) groups is 1. The Balaban J connectivity index is 0.000001000. The Bertz CT molecular complexity index is 221. The molecule has 0 radical (unpaired) electrons. The lowest BCUT2D eigenvalue weighted by Crippen LogP contribution is -2.00. The van der Waals surface area contributed by atoms with Gasteiger partial charge in [0.25, 0.3) is 0 Å². The second-order valence-electron chi connectivity index (χ2n) is 1.91. The molecule has 0 atom stereocenters. The van der Waals surface area contributed by atoms with Crippen LogP contribution in [0.25, 0.3) is 0 Å². The summed E-state index contributed by atoms with van der Waals surface area (Å²) in [6, 6.07) is 8.98. The molecular weight excluding hydrogens is 152 g/mol. The maximum Gasteiger partial charge on any atom is 0.316 e. The fraction of sp³-hybridized carbons (Fsp3) is 0.125. The van der Waals surface area contributed by atoms with Gasteiger partial charge in [0.15, 0.2) is 0 Å². The molecule has 1 aromatic carbocycles. The number of esters is 1. The van der Waals surface area contributed by atoms with Gasteiger partial charge in [-0.1, -0.05) is 18.2 Å². The first-order valence-corrected chi connectivity index (χ1v) is 3.02. The predicted molar refractivity (Wildman–Crippen MR) is 46.3 cm³/mol. The molecule has 0 aliphatic carbocycles. The molecule has 0 spiro atoms. The van der Waals surface area contributed by atoms with E-state index in [1.807, 2.05) is 18.2 Å². The van der Waals surface area contributed by atoms with Crippen LogP contribution in [0.3, 0.4) is 0 Å². The lowest BCUT2D eigenvalue weighted by Gasteiger charge is -1.97. The first-order chi connectivity index (χ1) is 4.79. The highest BCUT2D eigenvalue weighted by Crippen LogP contribution is 2.07. The average Bonchev–Trinajstić information content (AvgIpc) is 1.88. The van der Waals surface area contributed by atoms with Gasteiger partial charge in [-0.2, -0.15) is 0 Å². The summed E-state index contributed by atoms with van der Waals surface area (Å²) < 4.78 is 4.78. The zero-order valence-electron chi connectivity index (χ0n) is 5.70. The molecule has 3 heteroatoms. The summed E-state index contributed by atoms with van der Waals surface area (Å²) in [6.07, 6.45) is 0. The van der Waals surface area contributed by atoms with Gasteiger partial charge in [-0.25, -0.2) is 0 Å². The van der Waals surface area contributed by atoms with Gasteiger partial charge >= 0.3 is 29.0 Å². The van der Waals surface area contributed by atoms with Gasteiger partial charge in [0, 0.05) is 6.92 Å². The number of benzene rings is 1. The smallest absolute Gasteiger partial charge is 0.316 e. The fourth-order valence-electron chi connectivity index (χ4n) is 0.655. The van der Waals surface area contributed by atoms with Gasteiger partial charge in [0.2, 0.25) is 0 Å². The molecule has 1 rings (SSSR count). The molecule has 0 aliphatic heterocycles. The number of ether oxygens (including phenoxy) is 1. The molecule has 0 N–H and O–H groups in total. The summed E-state index contributed by atoms with van der Waals surface area (Å²) in [5, 5.41) is 0. The standard InChI is InChI=1S/C8H8O2.Mg.2H/c1-7(9)10-8-5-3-2-4-6-8;;;/h2-6H,1H3;;;. The second-order valence-corrected chi connectivity index (χ2v) is 1.91. The lowest BCUT2D eigenvalue weighted by atomic mass is 10.3. The van der Waals surface area contributed by atoms with Crippen LogP contribution in [-0.4, -0.2) is 29.0 Å². The molecule has 1 aromatic rings. The van der Waals surface area contributed by atoms with E-state index in [0.29, 0.717) is 5.75 Å². The molecule has 0 saturated carbocycles. The molecule has 0 amide bonds. The Labute approximate surface area is 81.7 Å². The van der Waals surface area contributed by atoms with Crippen molar-refractivity contribution in [3.05, 3.63) is 30.3 Å². The summed E-state index contributed by atoms with van der Waals surface area (Å²) in [7, 11) is 0. The summed E-state index contributed by atoms with van der Waals surface area (Å²) in [4.78, 5) is 10.4. The number of hydrogen-bond acceptors (Lipinski definition) is 2. The topological polar surface area (TPSA) is 26.3 Å². The van der Waals surface area contributed by atoms with E-state index < -0.39 is 0 Å². The minimum absolute atomic E-state index is 0. The van der Waals surface area contributed by atoms with Crippen molar-refractivity contribution in [3.8, 4) is 5.75 Å². The van der Waals surface area contributed by atoms with Gasteiger partial charge < -0.3 is 4.74 Å². The monoisotopic (exact) mass is 162 g/mol. The highest BCUT2D eigenvalue weighted by molar-refractivity contribution is 5.75. The second kappa shape index (κ2) is 5.15. The van der Waals surface area contributed by atoms with Gasteiger partial charge in [0.1, 0.15) is 5.75 Å². The Morgan fingerprint density at radius 1 is 1.27 bits per heavy atom. The van der Waals surface area contributed by atoms with Crippen LogP contribution in [0.1, 0.15) is 6.92 Å². The lowest BCUT2D eigenvalue weighted by molar-refractivity contribution is -0.131. The third-order valence-electron chi connectivity index (χ3n) is 1.00. The molecule has 0 aromatic heterocycles. The van der Waals surface area contributed by atoms with Gasteiger partial charge in [0.05, 0.1) is 0 Å². The number of para-hydroxylation sites is 1. The third-order valence-corrected chi connectivity index (χ3v) is 1.00. The third kappa shape index (κ3) is 4.01. The number of hydrogen-bond donors (Lipinski definition) is 0. The van der Waals surface area contributed by atoms with Crippen LogP contribution in [0, 0.1) is 0 Å². The van der Waals surface area contributed by atoms with E-state index >= 15 is 0 Å². The van der Waals surface area contributed by atoms with E-state index in [-0.39, 0.29) is 29.0 Å². The maximum atomic E-state index is 10.4. The van der Waals surface area contributed by atoms with Crippen LogP contribution in [-0.2, 0) is 4.79 Å². The molecular formula is C8H10MgO2. The van der Waals surface area contributed by atoms with Crippen LogP contribution in [0.15, 0.2) is 30.3 Å². The molecule has 0 saturated heterocycles. The van der Waals surface area contributed by atoms with Crippen LogP contribution in [0.5, 0.6) is 5.75 Å². The molecule has 0 aliphatic rings. The van der Waals surface area contributed by atoms with Crippen molar-refractivity contribution in [2.45, 2.75) is 6.92 Å². The predicted octanol–water partition coefficient (Wildman–Crippen LogP) is 0.696. The average molecular weight is 162 g/mol. The van der Waals surface area contributed by atoms with Crippen molar-refractivity contribution in [1.82, 2.24) is 0 Å². The van der Waals surface area contributed by atoms with Crippen molar-refractivity contribution in [1.29, 1.82) is 0 Å².